The molecule has 33 heavy (non-hydrogen) atoms. The van der Waals surface area contributed by atoms with Crippen molar-refractivity contribution >= 4 is 39.4 Å². The van der Waals surface area contributed by atoms with E-state index in [1.807, 2.05) is 38.1 Å². The number of amides is 1. The topological polar surface area (TPSA) is 88.1 Å². The van der Waals surface area contributed by atoms with Crippen molar-refractivity contribution in [1.82, 2.24) is 5.43 Å². The zero-order chi connectivity index (χ0) is 23.8. The minimum atomic E-state index is -4.05. The van der Waals surface area contributed by atoms with Crippen LogP contribution in [0.25, 0.3) is 0 Å². The molecule has 0 fully saturated rings. The number of sulfonamides is 1. The highest BCUT2D eigenvalue weighted by molar-refractivity contribution is 7.92. The van der Waals surface area contributed by atoms with Crippen LogP contribution >= 0.6 is 11.6 Å². The van der Waals surface area contributed by atoms with Crippen molar-refractivity contribution in [3.63, 3.8) is 0 Å². The van der Waals surface area contributed by atoms with E-state index in [2.05, 4.69) is 10.5 Å². The third-order valence-electron chi connectivity index (χ3n) is 4.60. The maximum atomic E-state index is 13.4. The Hall–Kier alpha value is -3.36. The van der Waals surface area contributed by atoms with Gasteiger partial charge in [0.25, 0.3) is 15.9 Å². The average Bonchev–Trinajstić information content (AvgIpc) is 2.80. The van der Waals surface area contributed by atoms with Crippen LogP contribution in [0.3, 0.4) is 0 Å². The number of aryl methyl sites for hydroxylation is 1. The largest absolute Gasteiger partial charge is 0.494 e. The molecule has 9 heteroatoms. The van der Waals surface area contributed by atoms with E-state index in [-0.39, 0.29) is 4.90 Å². The predicted octanol–water partition coefficient (Wildman–Crippen LogP) is 4.39. The lowest BCUT2D eigenvalue weighted by Crippen LogP contribution is -2.39. The fourth-order valence-electron chi connectivity index (χ4n) is 2.92. The maximum absolute atomic E-state index is 13.4. The second kappa shape index (κ2) is 11.0. The van der Waals surface area contributed by atoms with Crippen molar-refractivity contribution in [3.05, 3.63) is 88.9 Å². The lowest BCUT2D eigenvalue weighted by molar-refractivity contribution is -0.119. The number of benzene rings is 3. The summed E-state index contributed by atoms with van der Waals surface area (Å²) in [7, 11) is -4.05. The van der Waals surface area contributed by atoms with Crippen LogP contribution < -0.4 is 14.5 Å². The van der Waals surface area contributed by atoms with E-state index in [1.54, 1.807) is 24.3 Å². The van der Waals surface area contributed by atoms with Gasteiger partial charge in [0.2, 0.25) is 0 Å². The van der Waals surface area contributed by atoms with Crippen molar-refractivity contribution < 1.29 is 17.9 Å². The molecule has 0 aliphatic rings. The molecule has 0 saturated heterocycles. The Bertz CT molecular complexity index is 1210. The van der Waals surface area contributed by atoms with Gasteiger partial charge in [-0.25, -0.2) is 13.8 Å². The number of nitrogens with zero attached hydrogens (tertiary/aromatic N) is 2. The number of hydrogen-bond donors (Lipinski definition) is 1. The summed E-state index contributed by atoms with van der Waals surface area (Å²) in [5.74, 6) is 0.00188. The van der Waals surface area contributed by atoms with Crippen LogP contribution in [0, 0.1) is 6.92 Å². The summed E-state index contributed by atoms with van der Waals surface area (Å²) >= 11 is 5.90. The molecule has 172 valence electrons. The van der Waals surface area contributed by atoms with Crippen molar-refractivity contribution in [2.75, 3.05) is 17.5 Å². The number of carbonyl (C=O) groups excluding carboxylic acids is 1. The van der Waals surface area contributed by atoms with Crippen molar-refractivity contribution in [3.8, 4) is 5.75 Å². The smallest absolute Gasteiger partial charge is 0.264 e. The maximum Gasteiger partial charge on any atom is 0.264 e. The molecule has 0 aliphatic heterocycles. The number of nitrogens with one attached hydrogen (secondary N) is 1. The molecule has 0 aromatic heterocycles. The number of hydrogen-bond acceptors (Lipinski definition) is 5. The zero-order valence-corrected chi connectivity index (χ0v) is 19.8. The number of ether oxygens (including phenoxy) is 1. The van der Waals surface area contributed by atoms with Crippen molar-refractivity contribution in [1.29, 1.82) is 0 Å². The Morgan fingerprint density at radius 2 is 1.67 bits per heavy atom. The van der Waals surface area contributed by atoms with Gasteiger partial charge in [-0.2, -0.15) is 5.10 Å². The van der Waals surface area contributed by atoms with Gasteiger partial charge in [-0.3, -0.25) is 9.10 Å². The molecule has 3 aromatic rings. The minimum Gasteiger partial charge on any atom is -0.494 e. The summed E-state index contributed by atoms with van der Waals surface area (Å²) in [6.45, 7) is 3.84. The van der Waals surface area contributed by atoms with Gasteiger partial charge in [-0.15, -0.1) is 0 Å². The van der Waals surface area contributed by atoms with Crippen molar-refractivity contribution in [2.45, 2.75) is 18.7 Å². The summed E-state index contributed by atoms with van der Waals surface area (Å²) in [4.78, 5) is 12.6. The highest BCUT2D eigenvalue weighted by Gasteiger charge is 2.27. The molecular formula is C24H24ClN3O4S. The van der Waals surface area contributed by atoms with E-state index in [1.165, 1.54) is 30.5 Å². The van der Waals surface area contributed by atoms with E-state index < -0.39 is 22.5 Å². The molecule has 0 atom stereocenters. The van der Waals surface area contributed by atoms with Gasteiger partial charge >= 0.3 is 0 Å². The molecular weight excluding hydrogens is 462 g/mol. The van der Waals surface area contributed by atoms with Gasteiger partial charge in [0.1, 0.15) is 12.3 Å². The molecule has 0 bridgehead atoms. The molecule has 0 saturated carbocycles. The first kappa shape index (κ1) is 24.3. The SMILES string of the molecule is CCOc1ccc(N(CC(=O)N/N=C\c2ccc(C)cc2)S(=O)(=O)c2ccc(Cl)cc2)cc1. The first-order valence-electron chi connectivity index (χ1n) is 10.2. The normalized spacial score (nSPS) is 11.4. The third kappa shape index (κ3) is 6.57. The number of hydrazone groups is 1. The fourth-order valence-corrected chi connectivity index (χ4v) is 4.47. The Kier molecular flexibility index (Phi) is 8.08. The predicted molar refractivity (Wildman–Crippen MR) is 131 cm³/mol. The van der Waals surface area contributed by atoms with Crippen molar-refractivity contribution in [2.24, 2.45) is 5.10 Å². The molecule has 0 heterocycles. The van der Waals surface area contributed by atoms with Crippen LogP contribution in [0.4, 0.5) is 5.69 Å². The van der Waals surface area contributed by atoms with Crippen LogP contribution in [0.1, 0.15) is 18.1 Å². The average molecular weight is 486 g/mol. The van der Waals surface area contributed by atoms with E-state index in [0.29, 0.717) is 23.1 Å². The standard InChI is InChI=1S/C24H24ClN3O4S/c1-3-32-22-12-10-21(11-13-22)28(33(30,31)23-14-8-20(25)9-15-23)17-24(29)27-26-16-19-6-4-18(2)5-7-19/h4-16H,3,17H2,1-2H3,(H,27,29)/b26-16-. The number of carbonyl (C=O) groups is 1. The lowest BCUT2D eigenvalue weighted by atomic mass is 10.2. The van der Waals surface area contributed by atoms with Gasteiger partial charge in [0.15, 0.2) is 0 Å². The molecule has 1 N–H and O–H groups in total. The van der Waals surface area contributed by atoms with Crippen LogP contribution in [-0.2, 0) is 14.8 Å². The second-order valence-electron chi connectivity index (χ2n) is 7.10. The number of anilines is 1. The van der Waals surface area contributed by atoms with E-state index >= 15 is 0 Å². The summed E-state index contributed by atoms with van der Waals surface area (Å²) in [6.07, 6.45) is 1.49. The molecule has 3 rings (SSSR count). The monoisotopic (exact) mass is 485 g/mol. The lowest BCUT2D eigenvalue weighted by Gasteiger charge is -2.24. The summed E-state index contributed by atoms with van der Waals surface area (Å²) in [5, 5.41) is 4.35. The Balaban J connectivity index is 1.83. The molecule has 0 unspecified atom stereocenters. The summed E-state index contributed by atoms with van der Waals surface area (Å²) in [5.41, 5.74) is 4.61. The van der Waals surface area contributed by atoms with E-state index in [9.17, 15) is 13.2 Å². The van der Waals surface area contributed by atoms with Crippen LogP contribution in [-0.4, -0.2) is 33.7 Å². The first-order valence-corrected chi connectivity index (χ1v) is 12.0. The van der Waals surface area contributed by atoms with Gasteiger partial charge in [-0.05, 0) is 67.9 Å². The van der Waals surface area contributed by atoms with Gasteiger partial charge in [0, 0.05) is 5.02 Å². The molecule has 3 aromatic carbocycles. The van der Waals surface area contributed by atoms with E-state index in [0.717, 1.165) is 15.4 Å². The highest BCUT2D eigenvalue weighted by Crippen LogP contribution is 2.26. The molecule has 0 aliphatic carbocycles. The van der Waals surface area contributed by atoms with Crippen LogP contribution in [0.15, 0.2) is 82.8 Å². The molecule has 7 nitrogen and oxygen atoms in total. The van der Waals surface area contributed by atoms with E-state index in [4.69, 9.17) is 16.3 Å². The third-order valence-corrected chi connectivity index (χ3v) is 6.64. The number of halogens is 1. The second-order valence-corrected chi connectivity index (χ2v) is 9.40. The Labute approximate surface area is 198 Å². The Morgan fingerprint density at radius 3 is 2.27 bits per heavy atom. The summed E-state index contributed by atoms with van der Waals surface area (Å²) in [6, 6.07) is 19.8. The summed E-state index contributed by atoms with van der Waals surface area (Å²) < 4.78 is 33.1. The van der Waals surface area contributed by atoms with Gasteiger partial charge in [0.05, 0.1) is 23.4 Å². The van der Waals surface area contributed by atoms with Crippen LogP contribution in [0.2, 0.25) is 5.02 Å². The fraction of sp³-hybridized carbons (Fsp3) is 0.167. The van der Waals surface area contributed by atoms with Crippen LogP contribution in [0.5, 0.6) is 5.75 Å². The molecule has 1 amide bonds. The van der Waals surface area contributed by atoms with Gasteiger partial charge in [-0.1, -0.05) is 41.4 Å². The number of rotatable bonds is 9. The highest BCUT2D eigenvalue weighted by atomic mass is 35.5. The molecule has 0 spiro atoms. The minimum absolute atomic E-state index is 0.0109. The Morgan fingerprint density at radius 1 is 1.03 bits per heavy atom. The first-order chi connectivity index (χ1) is 15.8. The molecule has 0 radical (unpaired) electrons. The van der Waals surface area contributed by atoms with Gasteiger partial charge < -0.3 is 4.74 Å². The quantitative estimate of drug-likeness (QED) is 0.359. The zero-order valence-electron chi connectivity index (χ0n) is 18.2.